The summed E-state index contributed by atoms with van der Waals surface area (Å²) in [5, 5.41) is 2.20. The van der Waals surface area contributed by atoms with Gasteiger partial charge in [-0.3, -0.25) is 4.52 Å². The molecule has 230 valence electrons. The lowest BCUT2D eigenvalue weighted by atomic mass is 9.83. The van der Waals surface area contributed by atoms with Crippen molar-refractivity contribution in [3.05, 3.63) is 118 Å². The van der Waals surface area contributed by atoms with Gasteiger partial charge in [-0.05, 0) is 71.9 Å². The average molecular weight is 625 g/mol. The van der Waals surface area contributed by atoms with E-state index in [1.165, 1.54) is 46.2 Å². The van der Waals surface area contributed by atoms with Crippen molar-refractivity contribution in [2.24, 2.45) is 0 Å². The molecule has 2 heterocycles. The first-order chi connectivity index (χ1) is 20.9. The van der Waals surface area contributed by atoms with Crippen molar-refractivity contribution in [3.8, 4) is 0 Å². The van der Waals surface area contributed by atoms with Gasteiger partial charge in [0.25, 0.3) is 0 Å². The van der Waals surface area contributed by atoms with Crippen molar-refractivity contribution < 1.29 is 12.9 Å². The van der Waals surface area contributed by atoms with Gasteiger partial charge in [0, 0.05) is 33.2 Å². The van der Waals surface area contributed by atoms with Gasteiger partial charge in [-0.2, -0.15) is 0 Å². The van der Waals surface area contributed by atoms with Gasteiger partial charge in [0.15, 0.2) is 0 Å². The smallest absolute Gasteiger partial charge is 0.387 e. The van der Waals surface area contributed by atoms with Gasteiger partial charge < -0.3 is 8.39 Å². The van der Waals surface area contributed by atoms with Gasteiger partial charge in [0.05, 0.1) is 6.35 Å². The zero-order chi connectivity index (χ0) is 31.2. The fourth-order valence-corrected chi connectivity index (χ4v) is 11.3. The summed E-state index contributed by atoms with van der Waals surface area (Å²) in [6.07, 6.45) is 2.98. The lowest BCUT2D eigenvalue weighted by Crippen LogP contribution is -2.12. The number of aryl methyl sites for hydroxylation is 2. The van der Waals surface area contributed by atoms with Gasteiger partial charge >= 0.3 is 8.24 Å². The van der Waals surface area contributed by atoms with Crippen molar-refractivity contribution in [1.29, 1.82) is 0 Å². The van der Waals surface area contributed by atoms with Crippen LogP contribution in [0.4, 0.5) is 0 Å². The number of rotatable bonds is 5. The second-order valence-corrected chi connectivity index (χ2v) is 18.1. The van der Waals surface area contributed by atoms with E-state index in [-0.39, 0.29) is 10.8 Å². The third-order valence-corrected chi connectivity index (χ3v) is 13.2. The standard InChI is InChI=1S/C39H46O3P2/c1-26-21-30-31-22-27(2)24-33(39(6,7)8)37(31)42-44(41-36(30)32(23-26)38(3,4)5)40-25-43-34(28-15-11-9-12-16-28)19-20-35(43)29-17-13-10-14-18-29/h9-18,21-24,34-35H,19-20,25H2,1-8H3/t34-,35-/m1/s1. The maximum absolute atomic E-state index is 6.93. The Hall–Kier alpha value is -2.83. The molecule has 4 aromatic carbocycles. The molecule has 0 spiro atoms. The normalized spacial score (nSPS) is 17.9. The molecule has 1 saturated heterocycles. The second kappa shape index (κ2) is 12.2. The lowest BCUT2D eigenvalue weighted by Gasteiger charge is -2.26. The van der Waals surface area contributed by atoms with E-state index in [1.807, 2.05) is 0 Å². The fourth-order valence-electron chi connectivity index (χ4n) is 6.70. The highest BCUT2D eigenvalue weighted by Gasteiger charge is 2.38. The molecule has 0 bridgehead atoms. The molecule has 6 rings (SSSR count). The van der Waals surface area contributed by atoms with Gasteiger partial charge in [-0.25, -0.2) is 0 Å². The second-order valence-electron chi connectivity index (χ2n) is 14.5. The Morgan fingerprint density at radius 1 is 0.636 bits per heavy atom. The molecular formula is C39H46O3P2. The Morgan fingerprint density at radius 3 is 1.43 bits per heavy atom. The molecule has 1 aliphatic heterocycles. The summed E-state index contributed by atoms with van der Waals surface area (Å²) in [7, 11) is -2.22. The molecule has 2 atom stereocenters. The topological polar surface area (TPSA) is 35.5 Å². The molecule has 0 unspecified atom stereocenters. The molecule has 0 aliphatic carbocycles. The molecule has 1 aromatic heterocycles. The summed E-state index contributed by atoms with van der Waals surface area (Å²) in [5.74, 6) is 0. The molecule has 0 radical (unpaired) electrons. The minimum atomic E-state index is -1.69. The van der Waals surface area contributed by atoms with Crippen LogP contribution in [0.15, 0.2) is 93.3 Å². The summed E-state index contributed by atoms with van der Waals surface area (Å²) in [4.78, 5) is 0. The van der Waals surface area contributed by atoms with Gasteiger partial charge in [-0.1, -0.05) is 122 Å². The van der Waals surface area contributed by atoms with Gasteiger partial charge in [0.1, 0.15) is 11.2 Å². The Balaban J connectivity index is 1.53. The molecule has 1 fully saturated rings. The molecule has 0 amide bonds. The van der Waals surface area contributed by atoms with Gasteiger partial charge in [-0.15, -0.1) is 0 Å². The molecule has 5 aromatic rings. The van der Waals surface area contributed by atoms with E-state index in [1.54, 1.807) is 0 Å². The summed E-state index contributed by atoms with van der Waals surface area (Å²) >= 11 is 0. The molecule has 44 heavy (non-hydrogen) atoms. The third kappa shape index (κ3) is 6.30. The van der Waals surface area contributed by atoms with E-state index < -0.39 is 16.2 Å². The van der Waals surface area contributed by atoms with E-state index >= 15 is 0 Å². The maximum atomic E-state index is 6.93. The quantitative estimate of drug-likeness (QED) is 0.183. The van der Waals surface area contributed by atoms with E-state index in [9.17, 15) is 0 Å². The van der Waals surface area contributed by atoms with E-state index in [4.69, 9.17) is 12.9 Å². The van der Waals surface area contributed by atoms with E-state index in [2.05, 4.69) is 140 Å². The number of fused-ring (bicyclic) bond motifs is 3. The van der Waals surface area contributed by atoms with Crippen LogP contribution < -0.4 is 4.52 Å². The highest BCUT2D eigenvalue weighted by Crippen LogP contribution is 2.70. The maximum Gasteiger partial charge on any atom is 0.387 e. The highest BCUT2D eigenvalue weighted by molar-refractivity contribution is 7.59. The molecule has 1 aliphatic rings. The van der Waals surface area contributed by atoms with Crippen LogP contribution in [0.25, 0.3) is 21.9 Å². The fraction of sp³-hybridized carbons (Fsp3) is 0.385. The Kier molecular flexibility index (Phi) is 8.62. The van der Waals surface area contributed by atoms with Crippen LogP contribution in [-0.2, 0) is 10.8 Å². The summed E-state index contributed by atoms with van der Waals surface area (Å²) in [6, 6.07) is 31.1. The minimum absolute atomic E-state index is 0.107. The van der Waals surface area contributed by atoms with Crippen LogP contribution in [0.2, 0.25) is 0 Å². The van der Waals surface area contributed by atoms with E-state index in [0.29, 0.717) is 17.7 Å². The van der Waals surface area contributed by atoms with Crippen LogP contribution in [0.1, 0.15) is 99.1 Å². The largest absolute Gasteiger partial charge is 0.399 e. The molecule has 0 saturated carbocycles. The van der Waals surface area contributed by atoms with Crippen LogP contribution in [0.5, 0.6) is 0 Å². The highest BCUT2D eigenvalue weighted by atomic mass is 31.1. The summed E-state index contributed by atoms with van der Waals surface area (Å²) in [5.41, 5.74) is 10.2. The van der Waals surface area contributed by atoms with Crippen molar-refractivity contribution in [2.45, 2.75) is 90.4 Å². The Labute approximate surface area is 265 Å². The van der Waals surface area contributed by atoms with Crippen molar-refractivity contribution in [2.75, 3.05) is 6.35 Å². The van der Waals surface area contributed by atoms with Crippen LogP contribution >= 0.6 is 16.2 Å². The number of hydrogen-bond donors (Lipinski definition) is 0. The first-order valence-electron chi connectivity index (χ1n) is 15.9. The minimum Gasteiger partial charge on any atom is -0.399 e. The number of hydrogen-bond acceptors (Lipinski definition) is 3. The average Bonchev–Trinajstić information content (AvgIpc) is 3.34. The van der Waals surface area contributed by atoms with Crippen molar-refractivity contribution in [3.63, 3.8) is 0 Å². The predicted octanol–water partition coefficient (Wildman–Crippen LogP) is 12.6. The molecule has 3 nitrogen and oxygen atoms in total. The van der Waals surface area contributed by atoms with Crippen molar-refractivity contribution >= 4 is 38.1 Å². The molecular weight excluding hydrogens is 578 g/mol. The zero-order valence-electron chi connectivity index (χ0n) is 27.5. The molecule has 0 N–H and O–H groups in total. The zero-order valence-corrected chi connectivity index (χ0v) is 29.3. The predicted molar refractivity (Wildman–Crippen MR) is 189 cm³/mol. The van der Waals surface area contributed by atoms with Crippen LogP contribution in [-0.4, -0.2) is 6.35 Å². The van der Waals surface area contributed by atoms with E-state index in [0.717, 1.165) is 21.9 Å². The summed E-state index contributed by atoms with van der Waals surface area (Å²) < 4.78 is 20.8. The summed E-state index contributed by atoms with van der Waals surface area (Å²) in [6.45, 7) is 17.9. The SMILES string of the molecule is Cc1cc(C(C)(C)C)c2op(OCP3[C@@H](c4ccccc4)CC[C@@H]3c3ccccc3)oc3c(C(C)(C)C)cc(C)cc3c2c1. The molecule has 5 heteroatoms. The monoisotopic (exact) mass is 624 g/mol. The van der Waals surface area contributed by atoms with Gasteiger partial charge in [0.2, 0.25) is 0 Å². The Bertz CT molecular complexity index is 1680. The Morgan fingerprint density at radius 2 is 1.05 bits per heavy atom. The van der Waals surface area contributed by atoms with Crippen molar-refractivity contribution in [1.82, 2.24) is 0 Å². The van der Waals surface area contributed by atoms with Crippen LogP contribution in [0.3, 0.4) is 0 Å². The van der Waals surface area contributed by atoms with Crippen LogP contribution in [0, 0.1) is 13.8 Å². The first-order valence-corrected chi connectivity index (χ1v) is 18.6. The third-order valence-electron chi connectivity index (χ3n) is 8.90. The lowest BCUT2D eigenvalue weighted by molar-refractivity contribution is 0.430. The first kappa shape index (κ1) is 31.2. The number of benzene rings is 4.